The number of hydrogen-bond donors (Lipinski definition) is 1. The first kappa shape index (κ1) is 19.0. The van der Waals surface area contributed by atoms with Crippen LogP contribution in [0, 0.1) is 0 Å². The summed E-state index contributed by atoms with van der Waals surface area (Å²) in [4.78, 5) is 0. The van der Waals surface area contributed by atoms with Gasteiger partial charge >= 0.3 is 0 Å². The fourth-order valence-corrected chi connectivity index (χ4v) is 3.03. The number of methoxy groups -OCH3 is 1. The minimum absolute atomic E-state index is 0.269. The summed E-state index contributed by atoms with van der Waals surface area (Å²) >= 11 is 0. The van der Waals surface area contributed by atoms with Gasteiger partial charge in [-0.05, 0) is 11.1 Å². The molecule has 0 saturated carbocycles. The van der Waals surface area contributed by atoms with Crippen LogP contribution in [-0.4, -0.2) is 43.4 Å². The molecule has 140 valence electrons. The van der Waals surface area contributed by atoms with E-state index in [1.165, 1.54) is 7.11 Å². The summed E-state index contributed by atoms with van der Waals surface area (Å²) in [6.45, 7) is 1.36. The van der Waals surface area contributed by atoms with Gasteiger partial charge in [-0.15, -0.1) is 0 Å². The lowest BCUT2D eigenvalue weighted by Crippen LogP contribution is -2.34. The molecular weight excluding hydrogens is 332 g/mol. The van der Waals surface area contributed by atoms with Crippen molar-refractivity contribution in [2.45, 2.75) is 44.2 Å². The maximum Gasteiger partial charge on any atom is 0.183 e. The molecule has 0 unspecified atom stereocenters. The van der Waals surface area contributed by atoms with E-state index in [0.29, 0.717) is 26.2 Å². The van der Waals surface area contributed by atoms with Crippen LogP contribution >= 0.6 is 0 Å². The SMILES string of the molecule is CO[C@@H]1O[C@H]([C@@H](COCc2ccccc2)OCc2ccccc2)C[C@H]1O. The molecule has 2 aromatic carbocycles. The number of rotatable bonds is 9. The molecule has 0 radical (unpaired) electrons. The molecule has 1 N–H and O–H groups in total. The Bertz CT molecular complexity index is 633. The first-order valence-electron chi connectivity index (χ1n) is 8.90. The Morgan fingerprint density at radius 1 is 1.00 bits per heavy atom. The van der Waals surface area contributed by atoms with Gasteiger partial charge < -0.3 is 24.1 Å². The largest absolute Gasteiger partial charge is 0.388 e. The normalized spacial score (nSPS) is 23.8. The number of ether oxygens (including phenoxy) is 4. The second-order valence-corrected chi connectivity index (χ2v) is 6.42. The molecule has 1 aliphatic heterocycles. The Hall–Kier alpha value is -1.76. The first-order valence-corrected chi connectivity index (χ1v) is 8.90. The maximum absolute atomic E-state index is 10.1. The molecule has 0 aromatic heterocycles. The molecule has 1 aliphatic rings. The Morgan fingerprint density at radius 3 is 2.19 bits per heavy atom. The highest BCUT2D eigenvalue weighted by molar-refractivity contribution is 5.14. The quantitative estimate of drug-likeness (QED) is 0.747. The van der Waals surface area contributed by atoms with Gasteiger partial charge in [0.1, 0.15) is 12.2 Å². The van der Waals surface area contributed by atoms with Crippen molar-refractivity contribution in [2.75, 3.05) is 13.7 Å². The van der Waals surface area contributed by atoms with Crippen LogP contribution in [-0.2, 0) is 32.2 Å². The van der Waals surface area contributed by atoms with Crippen LogP contribution in [0.25, 0.3) is 0 Å². The van der Waals surface area contributed by atoms with Gasteiger partial charge in [0.2, 0.25) is 0 Å². The lowest BCUT2D eigenvalue weighted by atomic mass is 10.1. The van der Waals surface area contributed by atoms with E-state index in [-0.39, 0.29) is 12.2 Å². The standard InChI is InChI=1S/C21H26O5/c1-23-21-18(22)12-19(26-21)20(25-14-17-10-6-3-7-11-17)15-24-13-16-8-4-2-5-9-16/h2-11,18-22H,12-15H2,1H3/t18-,19+,20-,21-/m1/s1. The highest BCUT2D eigenvalue weighted by Crippen LogP contribution is 2.26. The van der Waals surface area contributed by atoms with Crippen LogP contribution < -0.4 is 0 Å². The molecule has 2 aromatic rings. The molecule has 0 bridgehead atoms. The summed E-state index contributed by atoms with van der Waals surface area (Å²) < 4.78 is 22.9. The third-order valence-electron chi connectivity index (χ3n) is 4.44. The van der Waals surface area contributed by atoms with Crippen LogP contribution in [0.3, 0.4) is 0 Å². The molecule has 5 heteroatoms. The van der Waals surface area contributed by atoms with Gasteiger partial charge in [0.15, 0.2) is 6.29 Å². The Kier molecular flexibility index (Phi) is 7.17. The van der Waals surface area contributed by atoms with E-state index < -0.39 is 12.4 Å². The van der Waals surface area contributed by atoms with E-state index in [0.717, 1.165) is 11.1 Å². The zero-order valence-electron chi connectivity index (χ0n) is 15.0. The highest BCUT2D eigenvalue weighted by atomic mass is 16.7. The molecular formula is C21H26O5. The van der Waals surface area contributed by atoms with Crippen molar-refractivity contribution in [1.29, 1.82) is 0 Å². The maximum atomic E-state index is 10.1. The summed E-state index contributed by atoms with van der Waals surface area (Å²) in [5.41, 5.74) is 2.19. The summed E-state index contributed by atoms with van der Waals surface area (Å²) in [5.74, 6) is 0. The van der Waals surface area contributed by atoms with Gasteiger partial charge in [0.05, 0.1) is 25.9 Å². The van der Waals surface area contributed by atoms with Crippen molar-refractivity contribution in [3.05, 3.63) is 71.8 Å². The summed E-state index contributed by atoms with van der Waals surface area (Å²) in [7, 11) is 1.53. The van der Waals surface area contributed by atoms with Gasteiger partial charge in [-0.25, -0.2) is 0 Å². The molecule has 1 fully saturated rings. The van der Waals surface area contributed by atoms with Crippen molar-refractivity contribution < 1.29 is 24.1 Å². The van der Waals surface area contributed by atoms with Crippen LogP contribution in [0.2, 0.25) is 0 Å². The van der Waals surface area contributed by atoms with E-state index in [1.807, 2.05) is 60.7 Å². The molecule has 0 spiro atoms. The van der Waals surface area contributed by atoms with E-state index in [1.54, 1.807) is 0 Å². The highest BCUT2D eigenvalue weighted by Gasteiger charge is 2.39. The lowest BCUT2D eigenvalue weighted by molar-refractivity contribution is -0.178. The number of hydrogen-bond acceptors (Lipinski definition) is 5. The van der Waals surface area contributed by atoms with Crippen LogP contribution in [0.15, 0.2) is 60.7 Å². The average molecular weight is 358 g/mol. The van der Waals surface area contributed by atoms with Crippen molar-refractivity contribution in [1.82, 2.24) is 0 Å². The van der Waals surface area contributed by atoms with Gasteiger partial charge in [-0.2, -0.15) is 0 Å². The fraction of sp³-hybridized carbons (Fsp3) is 0.429. The van der Waals surface area contributed by atoms with Gasteiger partial charge in [0.25, 0.3) is 0 Å². The van der Waals surface area contributed by atoms with E-state index in [2.05, 4.69) is 0 Å². The Morgan fingerprint density at radius 2 is 1.62 bits per heavy atom. The van der Waals surface area contributed by atoms with E-state index in [9.17, 15) is 5.11 Å². The van der Waals surface area contributed by atoms with Gasteiger partial charge in [-0.3, -0.25) is 0 Å². The number of aliphatic hydroxyl groups is 1. The molecule has 1 heterocycles. The number of aliphatic hydroxyl groups excluding tert-OH is 1. The molecule has 5 nitrogen and oxygen atoms in total. The minimum Gasteiger partial charge on any atom is -0.388 e. The minimum atomic E-state index is -0.651. The summed E-state index contributed by atoms with van der Waals surface area (Å²) in [6, 6.07) is 20.0. The number of benzene rings is 2. The third-order valence-corrected chi connectivity index (χ3v) is 4.44. The lowest BCUT2D eigenvalue weighted by Gasteiger charge is -2.24. The van der Waals surface area contributed by atoms with Crippen LogP contribution in [0.5, 0.6) is 0 Å². The molecule has 26 heavy (non-hydrogen) atoms. The third kappa shape index (κ3) is 5.37. The monoisotopic (exact) mass is 358 g/mol. The Balaban J connectivity index is 1.57. The molecule has 3 rings (SSSR count). The smallest absolute Gasteiger partial charge is 0.183 e. The van der Waals surface area contributed by atoms with Crippen LogP contribution in [0.1, 0.15) is 17.5 Å². The second-order valence-electron chi connectivity index (χ2n) is 6.42. The zero-order chi connectivity index (χ0) is 18.2. The average Bonchev–Trinajstić information content (AvgIpc) is 3.06. The van der Waals surface area contributed by atoms with Crippen molar-refractivity contribution in [3.63, 3.8) is 0 Å². The van der Waals surface area contributed by atoms with Crippen molar-refractivity contribution in [3.8, 4) is 0 Å². The zero-order valence-corrected chi connectivity index (χ0v) is 15.0. The van der Waals surface area contributed by atoms with E-state index >= 15 is 0 Å². The predicted molar refractivity (Wildman–Crippen MR) is 97.4 cm³/mol. The van der Waals surface area contributed by atoms with Crippen LogP contribution in [0.4, 0.5) is 0 Å². The van der Waals surface area contributed by atoms with E-state index in [4.69, 9.17) is 18.9 Å². The molecule has 0 amide bonds. The van der Waals surface area contributed by atoms with Gasteiger partial charge in [-0.1, -0.05) is 60.7 Å². The second kappa shape index (κ2) is 9.80. The predicted octanol–water partition coefficient (Wildman–Crippen LogP) is 2.91. The molecule has 1 saturated heterocycles. The summed E-state index contributed by atoms with van der Waals surface area (Å²) in [6.07, 6.45) is -1.35. The fourth-order valence-electron chi connectivity index (χ4n) is 3.03. The van der Waals surface area contributed by atoms with Crippen molar-refractivity contribution >= 4 is 0 Å². The van der Waals surface area contributed by atoms with Gasteiger partial charge in [0, 0.05) is 13.5 Å². The topological polar surface area (TPSA) is 57.2 Å². The molecule has 0 aliphatic carbocycles. The van der Waals surface area contributed by atoms with Crippen molar-refractivity contribution in [2.24, 2.45) is 0 Å². The Labute approximate surface area is 154 Å². The summed E-state index contributed by atoms with van der Waals surface area (Å²) in [5, 5.41) is 10.1. The first-order chi connectivity index (χ1) is 12.8. The molecule has 4 atom stereocenters.